The third-order valence-electron chi connectivity index (χ3n) is 3.28. The Labute approximate surface area is 116 Å². The van der Waals surface area contributed by atoms with Crippen molar-refractivity contribution in [3.8, 4) is 6.07 Å². The Bertz CT molecular complexity index is 456. The SMILES string of the molecule is CCC1CC(Nc2ccc(Br)cc2C#N)CCO1. The molecule has 0 radical (unpaired) electrons. The van der Waals surface area contributed by atoms with Crippen LogP contribution in [0.25, 0.3) is 0 Å². The minimum absolute atomic E-state index is 0.345. The van der Waals surface area contributed by atoms with Gasteiger partial charge in [0.1, 0.15) is 6.07 Å². The van der Waals surface area contributed by atoms with Gasteiger partial charge in [0.05, 0.1) is 17.4 Å². The number of hydrogen-bond donors (Lipinski definition) is 1. The van der Waals surface area contributed by atoms with Gasteiger partial charge in [-0.25, -0.2) is 0 Å². The van der Waals surface area contributed by atoms with Crippen LogP contribution in [-0.4, -0.2) is 18.8 Å². The molecule has 18 heavy (non-hydrogen) atoms. The molecule has 96 valence electrons. The monoisotopic (exact) mass is 308 g/mol. The molecule has 0 spiro atoms. The summed E-state index contributed by atoms with van der Waals surface area (Å²) in [5.41, 5.74) is 1.60. The zero-order valence-electron chi connectivity index (χ0n) is 10.4. The largest absolute Gasteiger partial charge is 0.381 e. The van der Waals surface area contributed by atoms with Crippen LogP contribution in [0, 0.1) is 11.3 Å². The highest BCUT2D eigenvalue weighted by atomic mass is 79.9. The van der Waals surface area contributed by atoms with Gasteiger partial charge in [-0.3, -0.25) is 0 Å². The van der Waals surface area contributed by atoms with Gasteiger partial charge in [0.15, 0.2) is 0 Å². The lowest BCUT2D eigenvalue weighted by atomic mass is 10.0. The Balaban J connectivity index is 2.07. The van der Waals surface area contributed by atoms with Gasteiger partial charge in [-0.2, -0.15) is 5.26 Å². The van der Waals surface area contributed by atoms with Crippen molar-refractivity contribution in [3.63, 3.8) is 0 Å². The first-order chi connectivity index (χ1) is 8.72. The number of ether oxygens (including phenoxy) is 1. The minimum Gasteiger partial charge on any atom is -0.381 e. The molecular formula is C14H17BrN2O. The zero-order valence-corrected chi connectivity index (χ0v) is 12.0. The second-order valence-electron chi connectivity index (χ2n) is 4.57. The Morgan fingerprint density at radius 1 is 1.56 bits per heavy atom. The molecule has 1 N–H and O–H groups in total. The third kappa shape index (κ3) is 3.24. The summed E-state index contributed by atoms with van der Waals surface area (Å²) in [6.07, 6.45) is 3.40. The topological polar surface area (TPSA) is 45.0 Å². The van der Waals surface area contributed by atoms with E-state index in [2.05, 4.69) is 34.2 Å². The molecule has 2 rings (SSSR count). The van der Waals surface area contributed by atoms with Crippen LogP contribution >= 0.6 is 15.9 Å². The molecule has 4 heteroatoms. The van der Waals surface area contributed by atoms with E-state index in [4.69, 9.17) is 10.00 Å². The van der Waals surface area contributed by atoms with E-state index >= 15 is 0 Å². The van der Waals surface area contributed by atoms with Crippen LogP contribution in [0.15, 0.2) is 22.7 Å². The lowest BCUT2D eigenvalue weighted by Gasteiger charge is -2.30. The van der Waals surface area contributed by atoms with Crippen molar-refractivity contribution in [1.82, 2.24) is 0 Å². The smallest absolute Gasteiger partial charge is 0.101 e. The van der Waals surface area contributed by atoms with Gasteiger partial charge in [0.25, 0.3) is 0 Å². The molecule has 1 fully saturated rings. The third-order valence-corrected chi connectivity index (χ3v) is 3.78. The molecular weight excluding hydrogens is 292 g/mol. The fraction of sp³-hybridized carbons (Fsp3) is 0.500. The summed E-state index contributed by atoms with van der Waals surface area (Å²) in [5, 5.41) is 12.6. The fourth-order valence-electron chi connectivity index (χ4n) is 2.25. The number of anilines is 1. The van der Waals surface area contributed by atoms with Gasteiger partial charge in [-0.05, 0) is 37.5 Å². The highest BCUT2D eigenvalue weighted by Gasteiger charge is 2.21. The normalized spacial score (nSPS) is 23.4. The Hall–Kier alpha value is -1.05. The summed E-state index contributed by atoms with van der Waals surface area (Å²) in [5.74, 6) is 0. The Morgan fingerprint density at radius 3 is 3.11 bits per heavy atom. The number of nitrogens with one attached hydrogen (secondary N) is 1. The fourth-order valence-corrected chi connectivity index (χ4v) is 2.61. The quantitative estimate of drug-likeness (QED) is 0.926. The summed E-state index contributed by atoms with van der Waals surface area (Å²) in [6.45, 7) is 2.95. The molecule has 1 heterocycles. The molecule has 1 aliphatic heterocycles. The highest BCUT2D eigenvalue weighted by molar-refractivity contribution is 9.10. The van der Waals surface area contributed by atoms with Gasteiger partial charge in [0, 0.05) is 17.1 Å². The molecule has 0 amide bonds. The average molecular weight is 309 g/mol. The molecule has 3 nitrogen and oxygen atoms in total. The van der Waals surface area contributed by atoms with Crippen molar-refractivity contribution in [3.05, 3.63) is 28.2 Å². The molecule has 2 atom stereocenters. The van der Waals surface area contributed by atoms with Crippen molar-refractivity contribution in [2.24, 2.45) is 0 Å². The van der Waals surface area contributed by atoms with Crippen LogP contribution in [0.2, 0.25) is 0 Å². The molecule has 1 saturated heterocycles. The summed E-state index contributed by atoms with van der Waals surface area (Å²) in [7, 11) is 0. The van der Waals surface area contributed by atoms with E-state index < -0.39 is 0 Å². The summed E-state index contributed by atoms with van der Waals surface area (Å²) in [6, 6.07) is 8.39. The lowest BCUT2D eigenvalue weighted by molar-refractivity contribution is 0.00925. The van der Waals surface area contributed by atoms with Crippen LogP contribution < -0.4 is 5.32 Å². The Kier molecular flexibility index (Phi) is 4.62. The van der Waals surface area contributed by atoms with Crippen molar-refractivity contribution in [2.45, 2.75) is 38.3 Å². The summed E-state index contributed by atoms with van der Waals surface area (Å²) >= 11 is 3.38. The van der Waals surface area contributed by atoms with Crippen LogP contribution in [0.4, 0.5) is 5.69 Å². The van der Waals surface area contributed by atoms with Gasteiger partial charge in [-0.15, -0.1) is 0 Å². The maximum absolute atomic E-state index is 9.13. The van der Waals surface area contributed by atoms with Crippen molar-refractivity contribution in [2.75, 3.05) is 11.9 Å². The highest BCUT2D eigenvalue weighted by Crippen LogP contribution is 2.24. The average Bonchev–Trinajstić information content (AvgIpc) is 2.41. The van der Waals surface area contributed by atoms with E-state index in [9.17, 15) is 0 Å². The van der Waals surface area contributed by atoms with E-state index in [-0.39, 0.29) is 0 Å². The van der Waals surface area contributed by atoms with Crippen LogP contribution in [0.5, 0.6) is 0 Å². The molecule has 0 bridgehead atoms. The van der Waals surface area contributed by atoms with E-state index in [1.54, 1.807) is 0 Å². The van der Waals surface area contributed by atoms with E-state index in [0.717, 1.165) is 36.0 Å². The van der Waals surface area contributed by atoms with Gasteiger partial charge in [-0.1, -0.05) is 22.9 Å². The van der Waals surface area contributed by atoms with Crippen LogP contribution in [0.3, 0.4) is 0 Å². The van der Waals surface area contributed by atoms with Crippen LogP contribution in [-0.2, 0) is 4.74 Å². The zero-order chi connectivity index (χ0) is 13.0. The van der Waals surface area contributed by atoms with Gasteiger partial charge in [0.2, 0.25) is 0 Å². The van der Waals surface area contributed by atoms with Crippen molar-refractivity contribution in [1.29, 1.82) is 5.26 Å². The summed E-state index contributed by atoms with van der Waals surface area (Å²) in [4.78, 5) is 0. The second kappa shape index (κ2) is 6.21. The van der Waals surface area contributed by atoms with Gasteiger partial charge < -0.3 is 10.1 Å². The number of rotatable bonds is 3. The first-order valence-corrected chi connectivity index (χ1v) is 7.10. The van der Waals surface area contributed by atoms with Crippen LogP contribution in [0.1, 0.15) is 31.7 Å². The van der Waals surface area contributed by atoms with E-state index in [0.29, 0.717) is 17.7 Å². The van der Waals surface area contributed by atoms with Crippen molar-refractivity contribution < 1.29 is 4.74 Å². The minimum atomic E-state index is 0.345. The number of hydrogen-bond acceptors (Lipinski definition) is 3. The number of nitriles is 1. The molecule has 2 unspecified atom stereocenters. The van der Waals surface area contributed by atoms with Crippen molar-refractivity contribution >= 4 is 21.6 Å². The Morgan fingerprint density at radius 2 is 2.39 bits per heavy atom. The standard InChI is InChI=1S/C14H17BrN2O/c1-2-13-8-12(5-6-18-13)17-14-4-3-11(15)7-10(14)9-16/h3-4,7,12-13,17H,2,5-6,8H2,1H3. The molecule has 1 aromatic carbocycles. The summed E-state index contributed by atoms with van der Waals surface area (Å²) < 4.78 is 6.59. The molecule has 0 aliphatic carbocycles. The molecule has 1 aliphatic rings. The molecule has 1 aromatic rings. The first-order valence-electron chi connectivity index (χ1n) is 6.30. The number of benzene rings is 1. The predicted octanol–water partition coefficient (Wildman–Crippen LogP) is 3.69. The second-order valence-corrected chi connectivity index (χ2v) is 5.48. The maximum atomic E-state index is 9.13. The van der Waals surface area contributed by atoms with Gasteiger partial charge >= 0.3 is 0 Å². The predicted molar refractivity (Wildman–Crippen MR) is 75.5 cm³/mol. The first kappa shape index (κ1) is 13.4. The molecule has 0 aromatic heterocycles. The number of halogens is 1. The maximum Gasteiger partial charge on any atom is 0.101 e. The lowest BCUT2D eigenvalue weighted by Crippen LogP contribution is -2.33. The van der Waals surface area contributed by atoms with E-state index in [1.165, 1.54) is 0 Å². The number of nitrogens with zero attached hydrogens (tertiary/aromatic N) is 1. The molecule has 0 saturated carbocycles. The van der Waals surface area contributed by atoms with E-state index in [1.807, 2.05) is 18.2 Å².